The third kappa shape index (κ3) is 7.02. The van der Waals surface area contributed by atoms with Gasteiger partial charge in [0.2, 0.25) is 0 Å². The maximum atomic E-state index is 11.9. The van der Waals surface area contributed by atoms with Gasteiger partial charge in [0, 0.05) is 20.1 Å². The first kappa shape index (κ1) is 24.9. The van der Waals surface area contributed by atoms with E-state index >= 15 is 0 Å². The molecule has 0 spiro atoms. The minimum atomic E-state index is -1.24. The molecule has 0 atom stereocenters. The molecule has 0 aromatic heterocycles. The van der Waals surface area contributed by atoms with Crippen LogP contribution in [0.15, 0.2) is 46.6 Å². The lowest BCUT2D eigenvalue weighted by Crippen LogP contribution is -2.33. The molecule has 2 aromatic rings. The number of aromatic carboxylic acids is 1. The van der Waals surface area contributed by atoms with Gasteiger partial charge in [-0.3, -0.25) is 0 Å². The van der Waals surface area contributed by atoms with Gasteiger partial charge in [-0.15, -0.1) is 12.4 Å². The summed E-state index contributed by atoms with van der Waals surface area (Å²) in [5.74, 6) is -1.57. The van der Waals surface area contributed by atoms with Crippen LogP contribution in [0, 0.1) is 6.92 Å². The standard InChI is InChI=1S/C20H24N4O5.ClH/c1-13-10-14(12-29-20(28)24(3)9-8-21-2)4-6-17(13)23-22-15-5-7-18(25)16(11-15)19(26)27;/h4-7,10-11,21,25H,8-9,12H2,1-3H3,(H,26,27);1H. The molecular formula is C20H25ClN4O5. The lowest BCUT2D eigenvalue weighted by molar-refractivity contribution is 0.0693. The molecule has 0 aliphatic carbocycles. The van der Waals surface area contributed by atoms with Gasteiger partial charge in [0.15, 0.2) is 0 Å². The molecule has 2 rings (SSSR count). The maximum Gasteiger partial charge on any atom is 0.409 e. The lowest BCUT2D eigenvalue weighted by atomic mass is 10.1. The Kier molecular flexibility index (Phi) is 9.73. The molecule has 30 heavy (non-hydrogen) atoms. The fourth-order valence-corrected chi connectivity index (χ4v) is 2.41. The number of carboxylic acid groups (broad SMARTS) is 1. The number of carboxylic acids is 1. The minimum Gasteiger partial charge on any atom is -0.507 e. The molecule has 0 aliphatic rings. The summed E-state index contributed by atoms with van der Waals surface area (Å²) in [7, 11) is 3.49. The van der Waals surface area contributed by atoms with E-state index in [4.69, 9.17) is 9.84 Å². The normalized spacial score (nSPS) is 10.5. The second kappa shape index (κ2) is 11.7. The molecule has 0 saturated carbocycles. The fraction of sp³-hybridized carbons (Fsp3) is 0.300. The number of aromatic hydroxyl groups is 1. The number of carbonyl (C=O) groups is 2. The van der Waals surface area contributed by atoms with E-state index in [2.05, 4.69) is 15.5 Å². The molecule has 3 N–H and O–H groups in total. The number of halogens is 1. The Labute approximate surface area is 180 Å². The largest absolute Gasteiger partial charge is 0.507 e. The van der Waals surface area contributed by atoms with E-state index in [1.807, 2.05) is 20.0 Å². The maximum absolute atomic E-state index is 11.9. The van der Waals surface area contributed by atoms with Gasteiger partial charge in [-0.05, 0) is 49.4 Å². The van der Waals surface area contributed by atoms with E-state index in [1.165, 1.54) is 23.1 Å². The van der Waals surface area contributed by atoms with Gasteiger partial charge >= 0.3 is 12.1 Å². The first-order valence-corrected chi connectivity index (χ1v) is 8.92. The first-order chi connectivity index (χ1) is 13.8. The Bertz CT molecular complexity index is 920. The predicted octanol–water partition coefficient (Wildman–Crippen LogP) is 4.02. The van der Waals surface area contributed by atoms with Gasteiger partial charge in [-0.1, -0.05) is 12.1 Å². The van der Waals surface area contributed by atoms with Crippen molar-refractivity contribution in [1.82, 2.24) is 10.2 Å². The number of aryl methyl sites for hydroxylation is 1. The van der Waals surface area contributed by atoms with E-state index in [1.54, 1.807) is 19.2 Å². The van der Waals surface area contributed by atoms with E-state index < -0.39 is 12.1 Å². The summed E-state index contributed by atoms with van der Waals surface area (Å²) >= 11 is 0. The monoisotopic (exact) mass is 436 g/mol. The molecule has 0 bridgehead atoms. The van der Waals surface area contributed by atoms with E-state index in [9.17, 15) is 14.7 Å². The van der Waals surface area contributed by atoms with Gasteiger partial charge < -0.3 is 25.2 Å². The van der Waals surface area contributed by atoms with Crippen molar-refractivity contribution < 1.29 is 24.5 Å². The average molecular weight is 437 g/mol. The number of benzene rings is 2. The third-order valence-corrected chi connectivity index (χ3v) is 4.12. The van der Waals surface area contributed by atoms with E-state index in [0.717, 1.165) is 11.1 Å². The van der Waals surface area contributed by atoms with Crippen LogP contribution in [0.25, 0.3) is 0 Å². The quantitative estimate of drug-likeness (QED) is 0.537. The SMILES string of the molecule is CNCCN(C)C(=O)OCc1ccc(N=Nc2ccc(O)c(C(=O)O)c2)c(C)c1.Cl. The second-order valence-corrected chi connectivity index (χ2v) is 6.41. The number of azo groups is 1. The topological polar surface area (TPSA) is 124 Å². The van der Waals surface area contributed by atoms with Crippen LogP contribution in [0.4, 0.5) is 16.2 Å². The smallest absolute Gasteiger partial charge is 0.409 e. The highest BCUT2D eigenvalue weighted by molar-refractivity contribution is 5.91. The van der Waals surface area contributed by atoms with Crippen LogP contribution < -0.4 is 5.32 Å². The minimum absolute atomic E-state index is 0. The van der Waals surface area contributed by atoms with Crippen molar-refractivity contribution in [2.24, 2.45) is 10.2 Å². The molecule has 162 valence electrons. The van der Waals surface area contributed by atoms with Crippen LogP contribution in [0.2, 0.25) is 0 Å². The summed E-state index contributed by atoms with van der Waals surface area (Å²) in [4.78, 5) is 24.5. The number of hydrogen-bond donors (Lipinski definition) is 3. The van der Waals surface area contributed by atoms with Gasteiger partial charge in [-0.2, -0.15) is 10.2 Å². The Morgan fingerprint density at radius 3 is 2.53 bits per heavy atom. The summed E-state index contributed by atoms with van der Waals surface area (Å²) in [6.45, 7) is 3.22. The molecule has 0 fully saturated rings. The Balaban J connectivity index is 0.00000450. The number of rotatable bonds is 8. The Morgan fingerprint density at radius 1 is 1.17 bits per heavy atom. The molecule has 0 heterocycles. The fourth-order valence-electron chi connectivity index (χ4n) is 2.41. The molecule has 0 aliphatic heterocycles. The van der Waals surface area contributed by atoms with Crippen LogP contribution in [0.3, 0.4) is 0 Å². The zero-order valence-electron chi connectivity index (χ0n) is 17.0. The van der Waals surface area contributed by atoms with E-state index in [0.29, 0.717) is 24.5 Å². The first-order valence-electron chi connectivity index (χ1n) is 8.92. The number of hydrogen-bond acceptors (Lipinski definition) is 7. The van der Waals surface area contributed by atoms with Crippen LogP contribution in [-0.4, -0.2) is 54.4 Å². The summed E-state index contributed by atoms with van der Waals surface area (Å²) in [5.41, 5.74) is 2.30. The number of nitrogens with zero attached hydrogens (tertiary/aromatic N) is 3. The molecular weight excluding hydrogens is 412 g/mol. The average Bonchev–Trinajstić information content (AvgIpc) is 2.70. The number of nitrogens with one attached hydrogen (secondary N) is 1. The van der Waals surface area contributed by atoms with Gasteiger partial charge in [0.05, 0.1) is 11.4 Å². The van der Waals surface area contributed by atoms with Crippen molar-refractivity contribution >= 4 is 35.8 Å². The molecule has 9 nitrogen and oxygen atoms in total. The van der Waals surface area contributed by atoms with Crippen molar-refractivity contribution in [1.29, 1.82) is 0 Å². The second-order valence-electron chi connectivity index (χ2n) is 6.41. The van der Waals surface area contributed by atoms with Crippen LogP contribution in [-0.2, 0) is 11.3 Å². The summed E-state index contributed by atoms with van der Waals surface area (Å²) in [5, 5.41) is 29.7. The summed E-state index contributed by atoms with van der Waals surface area (Å²) < 4.78 is 5.28. The highest BCUT2D eigenvalue weighted by Crippen LogP contribution is 2.27. The highest BCUT2D eigenvalue weighted by atomic mass is 35.5. The van der Waals surface area contributed by atoms with Crippen molar-refractivity contribution in [3.63, 3.8) is 0 Å². The Morgan fingerprint density at radius 2 is 1.90 bits per heavy atom. The number of phenols is 1. The number of amides is 1. The molecule has 10 heteroatoms. The molecule has 0 unspecified atom stereocenters. The number of carbonyl (C=O) groups excluding carboxylic acids is 1. The van der Waals surface area contributed by atoms with E-state index in [-0.39, 0.29) is 30.3 Å². The molecule has 0 radical (unpaired) electrons. The molecule has 0 saturated heterocycles. The lowest BCUT2D eigenvalue weighted by Gasteiger charge is -2.16. The van der Waals surface area contributed by atoms with Gasteiger partial charge in [0.25, 0.3) is 0 Å². The number of likely N-dealkylation sites (N-methyl/N-ethyl adjacent to an activating group) is 2. The van der Waals surface area contributed by atoms with Crippen LogP contribution in [0.1, 0.15) is 21.5 Å². The molecule has 2 aromatic carbocycles. The van der Waals surface area contributed by atoms with Crippen molar-refractivity contribution in [3.05, 3.63) is 53.1 Å². The van der Waals surface area contributed by atoms with Gasteiger partial charge in [-0.25, -0.2) is 9.59 Å². The molecule has 1 amide bonds. The third-order valence-electron chi connectivity index (χ3n) is 4.12. The highest BCUT2D eigenvalue weighted by Gasteiger charge is 2.11. The Hall–Kier alpha value is -3.17. The van der Waals surface area contributed by atoms with Crippen LogP contribution in [0.5, 0.6) is 5.75 Å². The van der Waals surface area contributed by atoms with Crippen molar-refractivity contribution in [2.45, 2.75) is 13.5 Å². The van der Waals surface area contributed by atoms with Crippen molar-refractivity contribution in [3.8, 4) is 5.75 Å². The number of ether oxygens (including phenoxy) is 1. The van der Waals surface area contributed by atoms with Gasteiger partial charge in [0.1, 0.15) is 17.9 Å². The zero-order chi connectivity index (χ0) is 21.4. The summed E-state index contributed by atoms with van der Waals surface area (Å²) in [6.07, 6.45) is -0.400. The summed E-state index contributed by atoms with van der Waals surface area (Å²) in [6, 6.07) is 9.34. The predicted molar refractivity (Wildman–Crippen MR) is 114 cm³/mol. The van der Waals surface area contributed by atoms with Crippen molar-refractivity contribution in [2.75, 3.05) is 27.2 Å². The zero-order valence-corrected chi connectivity index (χ0v) is 17.8. The van der Waals surface area contributed by atoms with Crippen LogP contribution >= 0.6 is 12.4 Å².